The fraction of sp³-hybridized carbons (Fsp3) is 0.562. The van der Waals surface area contributed by atoms with E-state index in [9.17, 15) is 9.59 Å². The molecule has 0 aliphatic heterocycles. The quantitative estimate of drug-likeness (QED) is 0.851. The number of carbonyl (C=O) groups excluding carboxylic acids is 1. The minimum atomic E-state index is -0.0528. The maximum atomic E-state index is 12.5. The van der Waals surface area contributed by atoms with Gasteiger partial charge in [-0.05, 0) is 31.2 Å². The Bertz CT molecular complexity index is 715. The van der Waals surface area contributed by atoms with Crippen molar-refractivity contribution in [3.8, 4) is 0 Å². The molecule has 0 atom stereocenters. The minimum absolute atomic E-state index is 0.0528. The average molecular weight is 319 g/mol. The van der Waals surface area contributed by atoms with Crippen LogP contribution in [0.5, 0.6) is 0 Å². The maximum Gasteiger partial charge on any atom is 0.262 e. The van der Waals surface area contributed by atoms with Crippen LogP contribution in [-0.2, 0) is 11.3 Å². The molecule has 2 aromatic rings. The normalized spacial score (nSPS) is 15.5. The van der Waals surface area contributed by atoms with Crippen LogP contribution in [0.25, 0.3) is 10.2 Å². The van der Waals surface area contributed by atoms with Gasteiger partial charge in [-0.2, -0.15) is 0 Å². The van der Waals surface area contributed by atoms with Crippen molar-refractivity contribution in [1.29, 1.82) is 0 Å². The lowest BCUT2D eigenvalue weighted by Gasteiger charge is -2.27. The third-order valence-corrected chi connectivity index (χ3v) is 5.26. The van der Waals surface area contributed by atoms with Crippen LogP contribution in [0.1, 0.15) is 39.0 Å². The SMILES string of the molecule is CCN(C(=O)CCn1cnc2sccc2c1=O)C1CCCC1. The molecule has 0 spiro atoms. The molecule has 1 amide bonds. The number of fused-ring (bicyclic) bond motifs is 1. The molecule has 5 nitrogen and oxygen atoms in total. The third-order valence-electron chi connectivity index (χ3n) is 4.44. The fourth-order valence-corrected chi connectivity index (χ4v) is 3.99. The van der Waals surface area contributed by atoms with Gasteiger partial charge in [0.2, 0.25) is 5.91 Å². The Hall–Kier alpha value is -1.69. The molecule has 0 radical (unpaired) electrons. The summed E-state index contributed by atoms with van der Waals surface area (Å²) in [6, 6.07) is 2.19. The van der Waals surface area contributed by atoms with Crippen molar-refractivity contribution in [2.24, 2.45) is 0 Å². The first-order chi connectivity index (χ1) is 10.7. The first-order valence-corrected chi connectivity index (χ1v) is 8.80. The second kappa shape index (κ2) is 6.60. The smallest absolute Gasteiger partial charge is 0.262 e. The summed E-state index contributed by atoms with van der Waals surface area (Å²) in [6.07, 6.45) is 6.57. The molecular weight excluding hydrogens is 298 g/mol. The summed E-state index contributed by atoms with van der Waals surface area (Å²) in [6.45, 7) is 3.18. The number of nitrogens with zero attached hydrogens (tertiary/aromatic N) is 3. The summed E-state index contributed by atoms with van der Waals surface area (Å²) < 4.78 is 1.55. The van der Waals surface area contributed by atoms with Crippen LogP contribution in [0.15, 0.2) is 22.6 Å². The lowest BCUT2D eigenvalue weighted by Crippen LogP contribution is -2.39. The maximum absolute atomic E-state index is 12.5. The van der Waals surface area contributed by atoms with Crippen molar-refractivity contribution in [3.63, 3.8) is 0 Å². The van der Waals surface area contributed by atoms with Gasteiger partial charge in [0.15, 0.2) is 0 Å². The Kier molecular flexibility index (Phi) is 4.57. The van der Waals surface area contributed by atoms with Gasteiger partial charge in [-0.25, -0.2) is 4.98 Å². The molecule has 2 aromatic heterocycles. The predicted molar refractivity (Wildman–Crippen MR) is 88.1 cm³/mol. The van der Waals surface area contributed by atoms with Crippen molar-refractivity contribution in [3.05, 3.63) is 28.1 Å². The largest absolute Gasteiger partial charge is 0.340 e. The number of aryl methyl sites for hydroxylation is 1. The molecular formula is C16H21N3O2S. The van der Waals surface area contributed by atoms with Crippen LogP contribution < -0.4 is 5.56 Å². The zero-order chi connectivity index (χ0) is 15.5. The van der Waals surface area contributed by atoms with Crippen LogP contribution in [0.4, 0.5) is 0 Å². The van der Waals surface area contributed by atoms with Gasteiger partial charge in [0.05, 0.1) is 11.7 Å². The van der Waals surface area contributed by atoms with E-state index >= 15 is 0 Å². The Morgan fingerprint density at radius 1 is 1.45 bits per heavy atom. The fourth-order valence-electron chi connectivity index (χ4n) is 3.27. The number of amides is 1. The average Bonchev–Trinajstić information content (AvgIpc) is 3.18. The van der Waals surface area contributed by atoms with Gasteiger partial charge in [0.25, 0.3) is 5.56 Å². The number of aromatic nitrogens is 2. The highest BCUT2D eigenvalue weighted by Gasteiger charge is 2.25. The molecule has 1 aliphatic carbocycles. The summed E-state index contributed by atoms with van der Waals surface area (Å²) in [5, 5.41) is 2.51. The van der Waals surface area contributed by atoms with Gasteiger partial charge in [-0.15, -0.1) is 11.3 Å². The van der Waals surface area contributed by atoms with Gasteiger partial charge < -0.3 is 4.90 Å². The molecule has 1 aliphatic rings. The third kappa shape index (κ3) is 2.92. The molecule has 0 saturated heterocycles. The first-order valence-electron chi connectivity index (χ1n) is 7.93. The van der Waals surface area contributed by atoms with Crippen LogP contribution in [0.3, 0.4) is 0 Å². The second-order valence-electron chi connectivity index (χ2n) is 5.75. The van der Waals surface area contributed by atoms with Crippen LogP contribution in [0.2, 0.25) is 0 Å². The van der Waals surface area contributed by atoms with E-state index in [1.807, 2.05) is 17.2 Å². The molecule has 3 rings (SSSR count). The van der Waals surface area contributed by atoms with Crippen LogP contribution in [-0.4, -0.2) is 32.9 Å². The topological polar surface area (TPSA) is 55.2 Å². The molecule has 118 valence electrons. The molecule has 1 saturated carbocycles. The second-order valence-corrected chi connectivity index (χ2v) is 6.65. The number of hydrogen-bond acceptors (Lipinski definition) is 4. The van der Waals surface area contributed by atoms with Crippen LogP contribution in [0, 0.1) is 0 Å². The van der Waals surface area contributed by atoms with Crippen molar-refractivity contribution in [2.45, 2.75) is 51.6 Å². The highest BCUT2D eigenvalue weighted by atomic mass is 32.1. The summed E-state index contributed by atoms with van der Waals surface area (Å²) in [5.74, 6) is 0.145. The predicted octanol–water partition coefficient (Wildman–Crippen LogP) is 2.64. The summed E-state index contributed by atoms with van der Waals surface area (Å²) in [5.41, 5.74) is -0.0528. The molecule has 0 aromatic carbocycles. The molecule has 1 fully saturated rings. The van der Waals surface area contributed by atoms with Gasteiger partial charge in [0.1, 0.15) is 4.83 Å². The first kappa shape index (κ1) is 15.2. The van der Waals surface area contributed by atoms with Gasteiger partial charge in [-0.3, -0.25) is 14.2 Å². The molecule has 2 heterocycles. The van der Waals surface area contributed by atoms with Crippen molar-refractivity contribution in [2.75, 3.05) is 6.54 Å². The lowest BCUT2D eigenvalue weighted by atomic mass is 10.2. The zero-order valence-electron chi connectivity index (χ0n) is 12.8. The minimum Gasteiger partial charge on any atom is -0.340 e. The number of carbonyl (C=O) groups is 1. The molecule has 22 heavy (non-hydrogen) atoms. The Labute approximate surface area is 133 Å². The zero-order valence-corrected chi connectivity index (χ0v) is 13.6. The van der Waals surface area contributed by atoms with Crippen molar-refractivity contribution < 1.29 is 4.79 Å². The summed E-state index contributed by atoms with van der Waals surface area (Å²) >= 11 is 1.46. The molecule has 6 heteroatoms. The highest BCUT2D eigenvalue weighted by Crippen LogP contribution is 2.23. The van der Waals surface area contributed by atoms with E-state index in [2.05, 4.69) is 4.98 Å². The standard InChI is InChI=1S/C16H21N3O2S/c1-2-19(12-5-3-4-6-12)14(20)7-9-18-11-17-15-13(16(18)21)8-10-22-15/h8,10-12H,2-7,9H2,1H3. The van der Waals surface area contributed by atoms with E-state index in [0.717, 1.165) is 24.2 Å². The van der Waals surface area contributed by atoms with Gasteiger partial charge in [0, 0.05) is 25.6 Å². The number of thiophene rings is 1. The molecule has 0 bridgehead atoms. The molecule has 0 N–H and O–H groups in total. The number of hydrogen-bond donors (Lipinski definition) is 0. The van der Waals surface area contributed by atoms with E-state index in [1.54, 1.807) is 17.0 Å². The van der Waals surface area contributed by atoms with Crippen molar-refractivity contribution >= 4 is 27.5 Å². The van der Waals surface area contributed by atoms with Gasteiger partial charge in [-0.1, -0.05) is 12.8 Å². The van der Waals surface area contributed by atoms with E-state index in [4.69, 9.17) is 0 Å². The van der Waals surface area contributed by atoms with Gasteiger partial charge >= 0.3 is 0 Å². The Morgan fingerprint density at radius 2 is 2.23 bits per heavy atom. The van der Waals surface area contributed by atoms with Crippen molar-refractivity contribution in [1.82, 2.24) is 14.5 Å². The monoisotopic (exact) mass is 319 g/mol. The van der Waals surface area contributed by atoms with E-state index < -0.39 is 0 Å². The van der Waals surface area contributed by atoms with E-state index in [0.29, 0.717) is 24.4 Å². The van der Waals surface area contributed by atoms with E-state index in [1.165, 1.54) is 24.2 Å². The van der Waals surface area contributed by atoms with Crippen LogP contribution >= 0.6 is 11.3 Å². The summed E-state index contributed by atoms with van der Waals surface area (Å²) in [7, 11) is 0. The lowest BCUT2D eigenvalue weighted by molar-refractivity contribution is -0.133. The highest BCUT2D eigenvalue weighted by molar-refractivity contribution is 7.16. The Balaban J connectivity index is 1.68. The van der Waals surface area contributed by atoms with E-state index in [-0.39, 0.29) is 11.5 Å². The summed E-state index contributed by atoms with van der Waals surface area (Å²) in [4.78, 5) is 31.8. The molecule has 0 unspecified atom stereocenters. The Morgan fingerprint density at radius 3 is 2.95 bits per heavy atom. The number of rotatable bonds is 5.